The molecule has 19 heavy (non-hydrogen) atoms. The van der Waals surface area contributed by atoms with Crippen LogP contribution < -0.4 is 0 Å². The van der Waals surface area contributed by atoms with Gasteiger partial charge in [-0.1, -0.05) is 30.3 Å². The molecule has 2 fully saturated rings. The van der Waals surface area contributed by atoms with Gasteiger partial charge in [0, 0.05) is 20.1 Å². The van der Waals surface area contributed by atoms with E-state index in [1.807, 2.05) is 35.2 Å². The fourth-order valence-corrected chi connectivity index (χ4v) is 3.30. The Morgan fingerprint density at radius 2 is 2.11 bits per heavy atom. The average Bonchev–Trinajstić information content (AvgIpc) is 2.96. The van der Waals surface area contributed by atoms with E-state index in [4.69, 9.17) is 17.0 Å². The zero-order valence-corrected chi connectivity index (χ0v) is 11.7. The number of nitrogens with zero attached hydrogens (tertiary/aromatic N) is 2. The fraction of sp³-hybridized carbons (Fsp3) is 0.429. The van der Waals surface area contributed by atoms with Crippen molar-refractivity contribution in [1.82, 2.24) is 9.80 Å². The van der Waals surface area contributed by atoms with E-state index in [9.17, 15) is 4.79 Å². The summed E-state index contributed by atoms with van der Waals surface area (Å²) in [7, 11) is 1.59. The Balaban J connectivity index is 1.88. The van der Waals surface area contributed by atoms with Gasteiger partial charge in [-0.15, -0.1) is 0 Å². The van der Waals surface area contributed by atoms with Gasteiger partial charge in [-0.3, -0.25) is 9.69 Å². The molecule has 1 aromatic rings. The molecule has 0 radical (unpaired) electrons. The number of hydrogen-bond acceptors (Lipinski definition) is 3. The lowest BCUT2D eigenvalue weighted by atomic mass is 10.1. The Morgan fingerprint density at radius 1 is 1.37 bits per heavy atom. The van der Waals surface area contributed by atoms with E-state index < -0.39 is 5.72 Å². The molecular formula is C14H16N2O2S. The molecule has 0 aliphatic carbocycles. The first-order chi connectivity index (χ1) is 9.19. The maximum absolute atomic E-state index is 12.6. The molecule has 4 nitrogen and oxygen atoms in total. The predicted molar refractivity (Wildman–Crippen MR) is 75.3 cm³/mol. The van der Waals surface area contributed by atoms with Crippen LogP contribution in [0.1, 0.15) is 18.4 Å². The maximum Gasteiger partial charge on any atom is 0.282 e. The highest BCUT2D eigenvalue weighted by molar-refractivity contribution is 7.80. The van der Waals surface area contributed by atoms with Crippen LogP contribution in [-0.4, -0.2) is 40.2 Å². The lowest BCUT2D eigenvalue weighted by Gasteiger charge is -2.26. The molecule has 1 unspecified atom stereocenters. The van der Waals surface area contributed by atoms with Crippen LogP contribution >= 0.6 is 12.2 Å². The summed E-state index contributed by atoms with van der Waals surface area (Å²) in [5, 5.41) is 0.591. The van der Waals surface area contributed by atoms with E-state index in [2.05, 4.69) is 0 Å². The molecular weight excluding hydrogens is 260 g/mol. The Kier molecular flexibility index (Phi) is 3.03. The van der Waals surface area contributed by atoms with Crippen LogP contribution in [0.15, 0.2) is 30.3 Å². The van der Waals surface area contributed by atoms with E-state index in [0.717, 1.165) is 18.5 Å². The lowest BCUT2D eigenvalue weighted by Crippen LogP contribution is -2.46. The van der Waals surface area contributed by atoms with Gasteiger partial charge >= 0.3 is 0 Å². The molecule has 2 aliphatic rings. The van der Waals surface area contributed by atoms with Crippen LogP contribution in [0.25, 0.3) is 0 Å². The number of carbonyl (C=O) groups is 1. The van der Waals surface area contributed by atoms with Crippen molar-refractivity contribution in [3.8, 4) is 0 Å². The van der Waals surface area contributed by atoms with E-state index in [1.54, 1.807) is 12.0 Å². The highest BCUT2D eigenvalue weighted by Crippen LogP contribution is 2.38. The van der Waals surface area contributed by atoms with E-state index in [-0.39, 0.29) is 5.91 Å². The predicted octanol–water partition coefficient (Wildman–Crippen LogP) is 1.75. The summed E-state index contributed by atoms with van der Waals surface area (Å²) < 4.78 is 5.52. The third kappa shape index (κ3) is 1.76. The Morgan fingerprint density at radius 3 is 2.74 bits per heavy atom. The smallest absolute Gasteiger partial charge is 0.282 e. The van der Waals surface area contributed by atoms with Gasteiger partial charge in [0.25, 0.3) is 5.91 Å². The first-order valence-electron chi connectivity index (χ1n) is 6.42. The van der Waals surface area contributed by atoms with Crippen molar-refractivity contribution < 1.29 is 9.53 Å². The zero-order chi connectivity index (χ0) is 13.5. The summed E-state index contributed by atoms with van der Waals surface area (Å²) >= 11 is 5.44. The van der Waals surface area contributed by atoms with Gasteiger partial charge < -0.3 is 9.64 Å². The number of thiocarbonyl (C=S) groups is 1. The second kappa shape index (κ2) is 4.58. The standard InChI is InChI=1S/C14H16N2O2S/c1-18-14-8-5-9-16(14)13(19)15(12(14)17)10-11-6-3-2-4-7-11/h2-4,6-7H,5,8-10H2,1H3. The topological polar surface area (TPSA) is 32.8 Å². The molecule has 1 amide bonds. The molecule has 2 saturated heterocycles. The molecule has 5 heteroatoms. The number of carbonyl (C=O) groups excluding carboxylic acids is 1. The average molecular weight is 276 g/mol. The minimum Gasteiger partial charge on any atom is -0.350 e. The lowest BCUT2D eigenvalue weighted by molar-refractivity contribution is -0.155. The number of fused-ring (bicyclic) bond motifs is 1. The molecule has 0 spiro atoms. The minimum absolute atomic E-state index is 0.0265. The molecule has 0 saturated carbocycles. The van der Waals surface area contributed by atoms with Crippen LogP contribution in [0.3, 0.4) is 0 Å². The van der Waals surface area contributed by atoms with Crippen molar-refractivity contribution >= 4 is 23.2 Å². The molecule has 1 atom stereocenters. The molecule has 1 aromatic carbocycles. The van der Waals surface area contributed by atoms with E-state index in [0.29, 0.717) is 18.1 Å². The van der Waals surface area contributed by atoms with Gasteiger partial charge in [0.15, 0.2) is 5.11 Å². The summed E-state index contributed by atoms with van der Waals surface area (Å²) in [4.78, 5) is 16.2. The van der Waals surface area contributed by atoms with E-state index >= 15 is 0 Å². The fourth-order valence-electron chi connectivity index (χ4n) is 2.91. The number of benzene rings is 1. The van der Waals surface area contributed by atoms with Crippen LogP contribution in [0.2, 0.25) is 0 Å². The monoisotopic (exact) mass is 276 g/mol. The Labute approximate surface area is 117 Å². The van der Waals surface area contributed by atoms with Gasteiger partial charge in [-0.05, 0) is 24.2 Å². The largest absolute Gasteiger partial charge is 0.350 e. The number of hydrogen-bond donors (Lipinski definition) is 0. The summed E-state index contributed by atoms with van der Waals surface area (Å²) in [6.45, 7) is 1.31. The third-order valence-corrected chi connectivity index (χ3v) is 4.34. The molecule has 0 bridgehead atoms. The maximum atomic E-state index is 12.6. The van der Waals surface area contributed by atoms with E-state index in [1.165, 1.54) is 0 Å². The SMILES string of the molecule is COC12CCCN1C(=S)N(Cc1ccccc1)C2=O. The van der Waals surface area contributed by atoms with Crippen LogP contribution in [0.5, 0.6) is 0 Å². The number of rotatable bonds is 3. The molecule has 2 heterocycles. The zero-order valence-electron chi connectivity index (χ0n) is 10.8. The van der Waals surface area contributed by atoms with Gasteiger partial charge in [0.1, 0.15) is 0 Å². The summed E-state index contributed by atoms with van der Waals surface area (Å²) in [6, 6.07) is 9.89. The molecule has 2 aliphatic heterocycles. The first-order valence-corrected chi connectivity index (χ1v) is 6.82. The highest BCUT2D eigenvalue weighted by Gasteiger charge is 2.58. The summed E-state index contributed by atoms with van der Waals surface area (Å²) in [6.07, 6.45) is 1.66. The van der Waals surface area contributed by atoms with Gasteiger partial charge in [-0.2, -0.15) is 0 Å². The summed E-state index contributed by atoms with van der Waals surface area (Å²) in [5.74, 6) is -0.0265. The molecule has 0 aromatic heterocycles. The number of methoxy groups -OCH3 is 1. The van der Waals surface area contributed by atoms with Crippen molar-refractivity contribution in [2.24, 2.45) is 0 Å². The van der Waals surface area contributed by atoms with Crippen LogP contribution in [0.4, 0.5) is 0 Å². The second-order valence-electron chi connectivity index (χ2n) is 4.90. The molecule has 3 rings (SSSR count). The third-order valence-electron chi connectivity index (χ3n) is 3.90. The van der Waals surface area contributed by atoms with Crippen molar-refractivity contribution in [1.29, 1.82) is 0 Å². The quantitative estimate of drug-likeness (QED) is 0.788. The van der Waals surface area contributed by atoms with Crippen LogP contribution in [-0.2, 0) is 16.1 Å². The van der Waals surface area contributed by atoms with Crippen LogP contribution in [0, 0.1) is 0 Å². The van der Waals surface area contributed by atoms with Crippen molar-refractivity contribution in [3.63, 3.8) is 0 Å². The first kappa shape index (κ1) is 12.6. The molecule has 0 N–H and O–H groups in total. The number of amides is 1. The Bertz CT molecular complexity index is 519. The highest BCUT2D eigenvalue weighted by atomic mass is 32.1. The van der Waals surface area contributed by atoms with Crippen molar-refractivity contribution in [2.45, 2.75) is 25.1 Å². The van der Waals surface area contributed by atoms with Gasteiger partial charge in [0.2, 0.25) is 5.72 Å². The minimum atomic E-state index is -0.841. The van der Waals surface area contributed by atoms with Gasteiger partial charge in [-0.25, -0.2) is 0 Å². The number of ether oxygens (including phenoxy) is 1. The Hall–Kier alpha value is -1.46. The van der Waals surface area contributed by atoms with Crippen molar-refractivity contribution in [2.75, 3.05) is 13.7 Å². The second-order valence-corrected chi connectivity index (χ2v) is 5.27. The molecule has 100 valence electrons. The van der Waals surface area contributed by atoms with Crippen molar-refractivity contribution in [3.05, 3.63) is 35.9 Å². The van der Waals surface area contributed by atoms with Gasteiger partial charge in [0.05, 0.1) is 6.54 Å². The normalized spacial score (nSPS) is 26.2. The summed E-state index contributed by atoms with van der Waals surface area (Å²) in [5.41, 5.74) is 0.233.